The summed E-state index contributed by atoms with van der Waals surface area (Å²) in [7, 11) is 0. The average molecular weight is 461 g/mol. The minimum atomic E-state index is -0.261. The van der Waals surface area contributed by atoms with Gasteiger partial charge in [0, 0.05) is 0 Å². The molecule has 0 N–H and O–H groups in total. The molecule has 0 bridgehead atoms. The Hall–Kier alpha value is -2.35. The summed E-state index contributed by atoms with van der Waals surface area (Å²) >= 11 is 0. The van der Waals surface area contributed by atoms with Crippen LogP contribution in [-0.4, -0.2) is 12.6 Å². The lowest BCUT2D eigenvalue weighted by Gasteiger charge is -2.42. The number of hydrogen-bond acceptors (Lipinski definition) is 2. The number of ether oxygens (including phenoxy) is 1. The van der Waals surface area contributed by atoms with E-state index in [0.29, 0.717) is 12.2 Å². The number of rotatable bonds is 9. The third-order valence-electron chi connectivity index (χ3n) is 7.61. The lowest BCUT2D eigenvalue weighted by Crippen LogP contribution is -2.34. The van der Waals surface area contributed by atoms with Gasteiger partial charge in [-0.25, -0.2) is 4.79 Å². The van der Waals surface area contributed by atoms with Crippen LogP contribution in [0, 0.1) is 0 Å². The SMILES string of the molecule is CCCCCCc1cc2c(cc1C(C)=Cc1ccc(C(=O)OCC)cc1)C(C)(C)CCC2(C)C. The van der Waals surface area contributed by atoms with Crippen LogP contribution in [0.1, 0.15) is 125 Å². The maximum atomic E-state index is 12.0. The minimum Gasteiger partial charge on any atom is -0.462 e. The quantitative estimate of drug-likeness (QED) is 0.212. The Kier molecular flexibility index (Phi) is 8.44. The lowest BCUT2D eigenvalue weighted by atomic mass is 9.62. The molecule has 1 aliphatic carbocycles. The number of carbonyl (C=O) groups excluding carboxylic acids is 1. The van der Waals surface area contributed by atoms with Crippen molar-refractivity contribution in [1.82, 2.24) is 0 Å². The van der Waals surface area contributed by atoms with Crippen molar-refractivity contribution in [2.45, 2.75) is 104 Å². The van der Waals surface area contributed by atoms with Crippen molar-refractivity contribution in [2.75, 3.05) is 6.61 Å². The Labute approximate surface area is 207 Å². The van der Waals surface area contributed by atoms with E-state index in [0.717, 1.165) is 12.0 Å². The molecule has 0 saturated carbocycles. The molecule has 2 aromatic rings. The molecule has 2 nitrogen and oxygen atoms in total. The van der Waals surface area contributed by atoms with Crippen molar-refractivity contribution in [2.24, 2.45) is 0 Å². The Balaban J connectivity index is 2.01. The predicted octanol–water partition coefficient (Wildman–Crippen LogP) is 8.90. The van der Waals surface area contributed by atoms with Crippen LogP contribution in [0.5, 0.6) is 0 Å². The number of unbranched alkanes of at least 4 members (excludes halogenated alkanes) is 3. The maximum Gasteiger partial charge on any atom is 0.338 e. The van der Waals surface area contributed by atoms with Gasteiger partial charge in [-0.3, -0.25) is 0 Å². The number of esters is 1. The van der Waals surface area contributed by atoms with Gasteiger partial charge in [0.2, 0.25) is 0 Å². The lowest BCUT2D eigenvalue weighted by molar-refractivity contribution is 0.0526. The summed E-state index contributed by atoms with van der Waals surface area (Å²) in [4.78, 5) is 12.0. The van der Waals surface area contributed by atoms with Crippen molar-refractivity contribution >= 4 is 17.6 Å². The molecule has 2 heteroatoms. The molecule has 2 aromatic carbocycles. The van der Waals surface area contributed by atoms with E-state index < -0.39 is 0 Å². The van der Waals surface area contributed by atoms with E-state index in [9.17, 15) is 4.79 Å². The number of allylic oxidation sites excluding steroid dienone is 1. The average Bonchev–Trinajstić information content (AvgIpc) is 2.80. The van der Waals surface area contributed by atoms with Crippen molar-refractivity contribution in [3.8, 4) is 0 Å². The van der Waals surface area contributed by atoms with E-state index in [-0.39, 0.29) is 16.8 Å². The fourth-order valence-electron chi connectivity index (χ4n) is 5.23. The third-order valence-corrected chi connectivity index (χ3v) is 7.61. The van der Waals surface area contributed by atoms with Gasteiger partial charge in [0.25, 0.3) is 0 Å². The van der Waals surface area contributed by atoms with E-state index in [1.807, 2.05) is 31.2 Å². The summed E-state index contributed by atoms with van der Waals surface area (Å²) in [6.07, 6.45) is 11.0. The van der Waals surface area contributed by atoms with Gasteiger partial charge in [-0.05, 0) is 95.9 Å². The van der Waals surface area contributed by atoms with Crippen LogP contribution >= 0.6 is 0 Å². The van der Waals surface area contributed by atoms with Gasteiger partial charge < -0.3 is 4.74 Å². The molecule has 0 aliphatic heterocycles. The van der Waals surface area contributed by atoms with Crippen LogP contribution in [0.4, 0.5) is 0 Å². The molecular weight excluding hydrogens is 416 g/mol. The van der Waals surface area contributed by atoms with Crippen LogP contribution in [0.3, 0.4) is 0 Å². The molecule has 0 fully saturated rings. The van der Waals surface area contributed by atoms with Gasteiger partial charge >= 0.3 is 5.97 Å². The van der Waals surface area contributed by atoms with Crippen molar-refractivity contribution in [3.05, 3.63) is 69.8 Å². The molecule has 0 unspecified atom stereocenters. The van der Waals surface area contributed by atoms with E-state index in [1.165, 1.54) is 60.8 Å². The van der Waals surface area contributed by atoms with Gasteiger partial charge in [0.1, 0.15) is 0 Å². The second-order valence-corrected chi connectivity index (χ2v) is 11.3. The van der Waals surface area contributed by atoms with E-state index in [4.69, 9.17) is 4.74 Å². The van der Waals surface area contributed by atoms with Gasteiger partial charge in [0.15, 0.2) is 0 Å². The highest BCUT2D eigenvalue weighted by Gasteiger charge is 2.37. The molecule has 0 atom stereocenters. The summed E-state index contributed by atoms with van der Waals surface area (Å²) in [6, 6.07) is 12.8. The second kappa shape index (κ2) is 10.9. The molecule has 0 heterocycles. The normalized spacial score (nSPS) is 16.7. The number of carbonyl (C=O) groups is 1. The molecule has 34 heavy (non-hydrogen) atoms. The Morgan fingerprint density at radius 2 is 1.53 bits per heavy atom. The molecule has 3 rings (SSSR count). The molecule has 184 valence electrons. The molecule has 0 amide bonds. The van der Waals surface area contributed by atoms with Crippen molar-refractivity contribution in [1.29, 1.82) is 0 Å². The van der Waals surface area contributed by atoms with Crippen LogP contribution in [0.15, 0.2) is 36.4 Å². The molecule has 0 radical (unpaired) electrons. The number of hydrogen-bond donors (Lipinski definition) is 0. The maximum absolute atomic E-state index is 12.0. The van der Waals surface area contributed by atoms with E-state index in [2.05, 4.69) is 59.8 Å². The summed E-state index contributed by atoms with van der Waals surface area (Å²) < 4.78 is 5.12. The third kappa shape index (κ3) is 6.01. The highest BCUT2D eigenvalue weighted by atomic mass is 16.5. The summed E-state index contributed by atoms with van der Waals surface area (Å²) in [5.41, 5.74) is 9.35. The van der Waals surface area contributed by atoms with Crippen molar-refractivity contribution in [3.63, 3.8) is 0 Å². The number of fused-ring (bicyclic) bond motifs is 1. The Bertz CT molecular complexity index is 1020. The smallest absolute Gasteiger partial charge is 0.338 e. The van der Waals surface area contributed by atoms with Gasteiger partial charge in [-0.2, -0.15) is 0 Å². The van der Waals surface area contributed by atoms with Crippen LogP contribution in [-0.2, 0) is 22.0 Å². The van der Waals surface area contributed by atoms with Crippen LogP contribution in [0.25, 0.3) is 11.6 Å². The number of aryl methyl sites for hydroxylation is 1. The molecule has 0 spiro atoms. The molecule has 1 aliphatic rings. The summed E-state index contributed by atoms with van der Waals surface area (Å²) in [6.45, 7) is 16.4. The summed E-state index contributed by atoms with van der Waals surface area (Å²) in [5.74, 6) is -0.261. The topological polar surface area (TPSA) is 26.3 Å². The standard InChI is InChI=1S/C32H44O2/c1-8-10-11-12-13-26-21-28-29(32(6,7)19-18-31(28,4)5)22-27(26)23(3)20-24-14-16-25(17-15-24)30(33)34-9-2/h14-17,20-22H,8-13,18-19H2,1-7H3. The van der Waals surface area contributed by atoms with E-state index in [1.54, 1.807) is 5.56 Å². The zero-order chi connectivity index (χ0) is 24.9. The van der Waals surface area contributed by atoms with Gasteiger partial charge in [-0.15, -0.1) is 0 Å². The minimum absolute atomic E-state index is 0.196. The number of benzene rings is 2. The van der Waals surface area contributed by atoms with Crippen molar-refractivity contribution < 1.29 is 9.53 Å². The fourth-order valence-corrected chi connectivity index (χ4v) is 5.23. The Morgan fingerprint density at radius 1 is 0.912 bits per heavy atom. The van der Waals surface area contributed by atoms with Gasteiger partial charge in [0.05, 0.1) is 12.2 Å². The first-order chi connectivity index (χ1) is 16.1. The zero-order valence-corrected chi connectivity index (χ0v) is 22.5. The van der Waals surface area contributed by atoms with E-state index >= 15 is 0 Å². The monoisotopic (exact) mass is 460 g/mol. The Morgan fingerprint density at radius 3 is 2.12 bits per heavy atom. The highest BCUT2D eigenvalue weighted by molar-refractivity contribution is 5.90. The predicted molar refractivity (Wildman–Crippen MR) is 146 cm³/mol. The fraction of sp³-hybridized carbons (Fsp3) is 0.531. The largest absolute Gasteiger partial charge is 0.462 e. The van der Waals surface area contributed by atoms with Crippen LogP contribution in [0.2, 0.25) is 0 Å². The first kappa shape index (κ1) is 26.3. The van der Waals surface area contributed by atoms with Crippen LogP contribution < -0.4 is 0 Å². The molecule has 0 saturated heterocycles. The second-order valence-electron chi connectivity index (χ2n) is 11.3. The molecular formula is C32H44O2. The first-order valence-corrected chi connectivity index (χ1v) is 13.2. The zero-order valence-electron chi connectivity index (χ0n) is 22.5. The highest BCUT2D eigenvalue weighted by Crippen LogP contribution is 2.47. The first-order valence-electron chi connectivity index (χ1n) is 13.2. The molecule has 0 aromatic heterocycles. The summed E-state index contributed by atoms with van der Waals surface area (Å²) in [5, 5.41) is 0. The van der Waals surface area contributed by atoms with Gasteiger partial charge in [-0.1, -0.05) is 84.2 Å².